The first-order valence-electron chi connectivity index (χ1n) is 8.74. The minimum Gasteiger partial charge on any atom is -0.361 e. The smallest absolute Gasteiger partial charge is 0.257 e. The summed E-state index contributed by atoms with van der Waals surface area (Å²) in [6.45, 7) is 4.82. The normalized spacial score (nSPS) is 15.9. The third kappa shape index (κ3) is 4.35. The summed E-state index contributed by atoms with van der Waals surface area (Å²) in [5.74, 6) is -0.101. The maximum absolute atomic E-state index is 12.2. The van der Waals surface area contributed by atoms with Crippen LogP contribution in [0.25, 0.3) is 0 Å². The number of hydrogen-bond donors (Lipinski definition) is 2. The van der Waals surface area contributed by atoms with Crippen LogP contribution in [0.15, 0.2) is 48.8 Å². The van der Waals surface area contributed by atoms with Gasteiger partial charge in [-0.1, -0.05) is 25.5 Å². The van der Waals surface area contributed by atoms with E-state index >= 15 is 0 Å². The van der Waals surface area contributed by atoms with Gasteiger partial charge in [0, 0.05) is 25.1 Å². The van der Waals surface area contributed by atoms with E-state index in [0.717, 1.165) is 26.1 Å². The van der Waals surface area contributed by atoms with Gasteiger partial charge in [-0.25, -0.2) is 0 Å². The second-order valence-electron chi connectivity index (χ2n) is 6.13. The van der Waals surface area contributed by atoms with Crippen LogP contribution in [0.1, 0.15) is 30.1 Å². The highest BCUT2D eigenvalue weighted by atomic mass is 16.5. The van der Waals surface area contributed by atoms with E-state index in [2.05, 4.69) is 34.3 Å². The third-order valence-electron chi connectivity index (χ3n) is 4.28. The minimum absolute atomic E-state index is 0.101. The summed E-state index contributed by atoms with van der Waals surface area (Å²) in [6, 6.07) is 11.8. The standard InChI is InChI=1S/C19H24N4O2/c1-2-3-11-25-15-23-14-22(17-8-4-5-9-18(17)23)13-21-19(24)16-7-6-10-20-12-16/h4-10,12H,2-3,11,13-15H2,1H3,(H,21,24)/p+1. The summed E-state index contributed by atoms with van der Waals surface area (Å²) in [4.78, 5) is 19.6. The van der Waals surface area contributed by atoms with Gasteiger partial charge in [-0.05, 0) is 24.6 Å². The minimum atomic E-state index is -0.101. The zero-order valence-electron chi connectivity index (χ0n) is 14.6. The monoisotopic (exact) mass is 341 g/mol. The lowest BCUT2D eigenvalue weighted by Gasteiger charge is -2.18. The highest BCUT2D eigenvalue weighted by Crippen LogP contribution is 2.25. The van der Waals surface area contributed by atoms with Gasteiger partial charge in [0.15, 0.2) is 19.0 Å². The summed E-state index contributed by atoms with van der Waals surface area (Å²) in [7, 11) is 0. The lowest BCUT2D eigenvalue weighted by molar-refractivity contribution is -0.828. The number of nitrogens with zero attached hydrogens (tertiary/aromatic N) is 2. The van der Waals surface area contributed by atoms with Crippen LogP contribution in [0.2, 0.25) is 0 Å². The number of aromatic nitrogens is 1. The number of quaternary nitrogens is 1. The maximum atomic E-state index is 12.2. The van der Waals surface area contributed by atoms with Crippen molar-refractivity contribution in [3.63, 3.8) is 0 Å². The second-order valence-corrected chi connectivity index (χ2v) is 6.13. The van der Waals surface area contributed by atoms with Crippen molar-refractivity contribution >= 4 is 17.3 Å². The van der Waals surface area contributed by atoms with Crippen molar-refractivity contribution in [2.75, 3.05) is 31.6 Å². The molecule has 3 rings (SSSR count). The van der Waals surface area contributed by atoms with Crippen molar-refractivity contribution in [1.82, 2.24) is 10.3 Å². The van der Waals surface area contributed by atoms with Gasteiger partial charge >= 0.3 is 0 Å². The van der Waals surface area contributed by atoms with Crippen molar-refractivity contribution < 1.29 is 14.4 Å². The number of fused-ring (bicyclic) bond motifs is 1. The van der Waals surface area contributed by atoms with Crippen LogP contribution in [0.3, 0.4) is 0 Å². The van der Waals surface area contributed by atoms with Gasteiger partial charge in [0.05, 0.1) is 5.56 Å². The number of rotatable bonds is 8. The summed E-state index contributed by atoms with van der Waals surface area (Å²) >= 11 is 0. The first-order chi connectivity index (χ1) is 12.3. The molecular weight excluding hydrogens is 316 g/mol. The largest absolute Gasteiger partial charge is 0.361 e. The molecule has 132 valence electrons. The molecule has 1 aliphatic rings. The lowest BCUT2D eigenvalue weighted by atomic mass is 10.2. The highest BCUT2D eigenvalue weighted by Gasteiger charge is 2.30. The average molecular weight is 341 g/mol. The number of ether oxygens (including phenoxy) is 1. The molecule has 6 heteroatoms. The molecule has 1 aliphatic heterocycles. The van der Waals surface area contributed by atoms with E-state index in [1.54, 1.807) is 24.5 Å². The number of pyridine rings is 1. The Labute approximate surface area is 148 Å². The molecule has 1 unspecified atom stereocenters. The Morgan fingerprint density at radius 3 is 3.00 bits per heavy atom. The molecule has 0 fully saturated rings. The van der Waals surface area contributed by atoms with Crippen LogP contribution in [0, 0.1) is 0 Å². The molecule has 0 radical (unpaired) electrons. The molecule has 1 atom stereocenters. The van der Waals surface area contributed by atoms with Gasteiger partial charge in [-0.3, -0.25) is 19.6 Å². The number of anilines is 1. The van der Waals surface area contributed by atoms with Crippen molar-refractivity contribution in [2.45, 2.75) is 19.8 Å². The van der Waals surface area contributed by atoms with E-state index in [0.29, 0.717) is 19.0 Å². The molecule has 2 aromatic rings. The molecule has 1 amide bonds. The van der Waals surface area contributed by atoms with Crippen LogP contribution >= 0.6 is 0 Å². The summed E-state index contributed by atoms with van der Waals surface area (Å²) in [5, 5.41) is 3.00. The van der Waals surface area contributed by atoms with E-state index < -0.39 is 0 Å². The molecular formula is C19H25N4O2+. The number of carbonyl (C=O) groups excluding carboxylic acids is 1. The Bertz CT molecular complexity index is 693. The van der Waals surface area contributed by atoms with Crippen molar-refractivity contribution in [2.24, 2.45) is 0 Å². The van der Waals surface area contributed by atoms with Crippen LogP contribution < -0.4 is 15.1 Å². The number of unbranched alkanes of at least 4 members (excludes halogenated alkanes) is 1. The summed E-state index contributed by atoms with van der Waals surface area (Å²) in [5.41, 5.74) is 2.94. The molecule has 0 saturated carbocycles. The molecule has 1 aromatic heterocycles. The first kappa shape index (κ1) is 17.4. The number of benzene rings is 1. The van der Waals surface area contributed by atoms with Crippen molar-refractivity contribution in [3.8, 4) is 0 Å². The molecule has 25 heavy (non-hydrogen) atoms. The molecule has 2 heterocycles. The number of nitrogens with one attached hydrogen (secondary N) is 2. The van der Waals surface area contributed by atoms with E-state index in [1.807, 2.05) is 12.1 Å². The number of hydrogen-bond acceptors (Lipinski definition) is 4. The van der Waals surface area contributed by atoms with E-state index in [9.17, 15) is 4.79 Å². The molecule has 2 N–H and O–H groups in total. The predicted octanol–water partition coefficient (Wildman–Crippen LogP) is 1.54. The van der Waals surface area contributed by atoms with Crippen molar-refractivity contribution in [1.29, 1.82) is 0 Å². The molecule has 0 saturated heterocycles. The van der Waals surface area contributed by atoms with Crippen LogP contribution in [-0.4, -0.2) is 37.6 Å². The zero-order chi connectivity index (χ0) is 17.5. The second kappa shape index (κ2) is 8.60. The Balaban J connectivity index is 1.60. The van der Waals surface area contributed by atoms with Gasteiger partial charge in [0.2, 0.25) is 0 Å². The summed E-state index contributed by atoms with van der Waals surface area (Å²) < 4.78 is 5.78. The molecule has 0 spiro atoms. The fourth-order valence-electron chi connectivity index (χ4n) is 2.92. The maximum Gasteiger partial charge on any atom is 0.257 e. The van der Waals surface area contributed by atoms with Crippen molar-refractivity contribution in [3.05, 3.63) is 54.4 Å². The van der Waals surface area contributed by atoms with Gasteiger partial charge in [0.1, 0.15) is 12.4 Å². The number of carbonyl (C=O) groups is 1. The van der Waals surface area contributed by atoms with Crippen LogP contribution in [0.4, 0.5) is 11.4 Å². The SMILES string of the molecule is CCCCOCN1C[NH+](CNC(=O)c2cccnc2)c2ccccc21. The Morgan fingerprint density at radius 2 is 2.20 bits per heavy atom. The summed E-state index contributed by atoms with van der Waals surface area (Å²) in [6.07, 6.45) is 5.45. The molecule has 1 aromatic carbocycles. The predicted molar refractivity (Wildman–Crippen MR) is 96.7 cm³/mol. The molecule has 0 aliphatic carbocycles. The fraction of sp³-hybridized carbons (Fsp3) is 0.368. The Hall–Kier alpha value is -2.44. The molecule has 0 bridgehead atoms. The van der Waals surface area contributed by atoms with E-state index in [-0.39, 0.29) is 5.91 Å². The van der Waals surface area contributed by atoms with Gasteiger partial charge < -0.3 is 10.1 Å². The topological polar surface area (TPSA) is 58.9 Å². The fourth-order valence-corrected chi connectivity index (χ4v) is 2.92. The average Bonchev–Trinajstić information content (AvgIpc) is 3.02. The quantitative estimate of drug-likeness (QED) is 0.715. The van der Waals surface area contributed by atoms with Gasteiger partial charge in [0.25, 0.3) is 5.91 Å². The van der Waals surface area contributed by atoms with Gasteiger partial charge in [-0.15, -0.1) is 0 Å². The van der Waals surface area contributed by atoms with Gasteiger partial charge in [-0.2, -0.15) is 0 Å². The Morgan fingerprint density at radius 1 is 1.32 bits per heavy atom. The van der Waals surface area contributed by atoms with E-state index in [4.69, 9.17) is 4.74 Å². The van der Waals surface area contributed by atoms with Crippen LogP contribution in [-0.2, 0) is 4.74 Å². The van der Waals surface area contributed by atoms with Crippen LogP contribution in [0.5, 0.6) is 0 Å². The van der Waals surface area contributed by atoms with E-state index in [1.165, 1.54) is 16.3 Å². The first-order valence-corrected chi connectivity index (χ1v) is 8.74. The molecule has 6 nitrogen and oxygen atoms in total. The highest BCUT2D eigenvalue weighted by molar-refractivity contribution is 5.93. The Kier molecular flexibility index (Phi) is 5.98. The third-order valence-corrected chi connectivity index (χ3v) is 4.28. The lowest BCUT2D eigenvalue weighted by Crippen LogP contribution is -3.08. The number of amides is 1. The number of para-hydroxylation sites is 2. The zero-order valence-corrected chi connectivity index (χ0v) is 14.6.